The molecule has 4 nitrogen and oxygen atoms in total. The number of nitrogens with zero attached hydrogens (tertiary/aromatic N) is 3. The van der Waals surface area contributed by atoms with Gasteiger partial charge < -0.3 is 4.42 Å². The number of thioether (sulfide) groups is 1. The van der Waals surface area contributed by atoms with Gasteiger partial charge in [0.1, 0.15) is 0 Å². The monoisotopic (exact) mass is 391 g/mol. The van der Waals surface area contributed by atoms with E-state index in [9.17, 15) is 0 Å². The molecule has 0 spiro atoms. The van der Waals surface area contributed by atoms with Crippen LogP contribution in [0.25, 0.3) is 11.6 Å². The molecule has 0 fully saturated rings. The highest BCUT2D eigenvalue weighted by Crippen LogP contribution is 2.31. The molecule has 0 amide bonds. The van der Waals surface area contributed by atoms with Crippen molar-refractivity contribution in [2.45, 2.75) is 37.7 Å². The Morgan fingerprint density at radius 3 is 2.70 bits per heavy atom. The highest BCUT2D eigenvalue weighted by Gasteiger charge is 2.19. The summed E-state index contributed by atoms with van der Waals surface area (Å²) in [5, 5.41) is 9.60. The number of aromatic nitrogens is 3. The minimum atomic E-state index is 0.254. The lowest BCUT2D eigenvalue weighted by atomic mass is 10.2. The lowest BCUT2D eigenvalue weighted by Crippen LogP contribution is -2.04. The van der Waals surface area contributed by atoms with Crippen LogP contribution in [-0.2, 0) is 5.75 Å². The SMILES string of the molecule is Cc1cccc(CSc2nnc(-c3ccc(Br)o3)n2C(C)C)c1. The van der Waals surface area contributed by atoms with E-state index in [1.165, 1.54) is 11.1 Å². The van der Waals surface area contributed by atoms with Gasteiger partial charge >= 0.3 is 0 Å². The zero-order valence-electron chi connectivity index (χ0n) is 13.3. The summed E-state index contributed by atoms with van der Waals surface area (Å²) in [6.07, 6.45) is 0. The van der Waals surface area contributed by atoms with Gasteiger partial charge in [0, 0.05) is 11.8 Å². The van der Waals surface area contributed by atoms with Crippen molar-refractivity contribution in [3.05, 3.63) is 52.2 Å². The fourth-order valence-electron chi connectivity index (χ4n) is 2.39. The molecule has 0 aliphatic rings. The molecule has 0 unspecified atom stereocenters. The van der Waals surface area contributed by atoms with Crippen molar-refractivity contribution in [1.82, 2.24) is 14.8 Å². The Kier molecular flexibility index (Phi) is 4.92. The molecule has 0 atom stereocenters. The highest BCUT2D eigenvalue weighted by atomic mass is 79.9. The van der Waals surface area contributed by atoms with Crippen molar-refractivity contribution >= 4 is 27.7 Å². The molecule has 0 N–H and O–H groups in total. The summed E-state index contributed by atoms with van der Waals surface area (Å²) >= 11 is 5.03. The Labute approximate surface area is 148 Å². The molecule has 3 rings (SSSR count). The minimum Gasteiger partial charge on any atom is -0.446 e. The second-order valence-electron chi connectivity index (χ2n) is 5.65. The molecule has 0 saturated carbocycles. The normalized spacial score (nSPS) is 11.3. The van der Waals surface area contributed by atoms with Gasteiger partial charge in [0.05, 0.1) is 0 Å². The Hall–Kier alpha value is -1.53. The Balaban J connectivity index is 1.86. The molecule has 0 bridgehead atoms. The van der Waals surface area contributed by atoms with Crippen LogP contribution in [0.4, 0.5) is 0 Å². The average molecular weight is 392 g/mol. The van der Waals surface area contributed by atoms with Crippen LogP contribution in [0, 0.1) is 6.92 Å². The van der Waals surface area contributed by atoms with Gasteiger partial charge in [-0.3, -0.25) is 4.57 Å². The average Bonchev–Trinajstić information content (AvgIpc) is 3.11. The van der Waals surface area contributed by atoms with Gasteiger partial charge in [-0.2, -0.15) is 0 Å². The number of benzene rings is 1. The van der Waals surface area contributed by atoms with E-state index in [1.54, 1.807) is 11.8 Å². The number of aryl methyl sites for hydroxylation is 1. The largest absolute Gasteiger partial charge is 0.446 e. The summed E-state index contributed by atoms with van der Waals surface area (Å²) in [5.41, 5.74) is 2.56. The third-order valence-electron chi connectivity index (χ3n) is 3.42. The zero-order valence-corrected chi connectivity index (χ0v) is 15.7. The van der Waals surface area contributed by atoms with E-state index in [0.717, 1.165) is 22.5 Å². The first-order chi connectivity index (χ1) is 11.0. The fourth-order valence-corrected chi connectivity index (χ4v) is 3.71. The molecule has 0 radical (unpaired) electrons. The van der Waals surface area contributed by atoms with E-state index in [1.807, 2.05) is 12.1 Å². The maximum absolute atomic E-state index is 5.64. The van der Waals surface area contributed by atoms with Crippen LogP contribution in [0.2, 0.25) is 0 Å². The van der Waals surface area contributed by atoms with Crippen molar-refractivity contribution < 1.29 is 4.42 Å². The van der Waals surface area contributed by atoms with Crippen LogP contribution < -0.4 is 0 Å². The standard InChI is InChI=1S/C17H18BrN3OS/c1-11(2)21-16(14-7-8-15(18)22-14)19-20-17(21)23-10-13-6-4-5-12(3)9-13/h4-9,11H,10H2,1-3H3. The summed E-state index contributed by atoms with van der Waals surface area (Å²) in [4.78, 5) is 0. The zero-order chi connectivity index (χ0) is 16.4. The molecule has 3 aromatic rings. The summed E-state index contributed by atoms with van der Waals surface area (Å²) in [7, 11) is 0. The number of furan rings is 1. The lowest BCUT2D eigenvalue weighted by molar-refractivity contribution is 0.519. The van der Waals surface area contributed by atoms with E-state index >= 15 is 0 Å². The third-order valence-corrected chi connectivity index (χ3v) is 4.87. The van der Waals surface area contributed by atoms with Crippen LogP contribution >= 0.6 is 27.7 Å². The minimum absolute atomic E-state index is 0.254. The molecule has 2 heterocycles. The molecule has 1 aromatic carbocycles. The van der Waals surface area contributed by atoms with Gasteiger partial charge in [0.15, 0.2) is 15.6 Å². The number of hydrogen-bond donors (Lipinski definition) is 0. The first kappa shape index (κ1) is 16.3. The molecular weight excluding hydrogens is 374 g/mol. The molecule has 2 aromatic heterocycles. The van der Waals surface area contributed by atoms with Crippen molar-refractivity contribution in [2.24, 2.45) is 0 Å². The quantitative estimate of drug-likeness (QED) is 0.539. The number of halogens is 1. The van der Waals surface area contributed by atoms with Crippen molar-refractivity contribution in [1.29, 1.82) is 0 Å². The summed E-state index contributed by atoms with van der Waals surface area (Å²) in [6, 6.07) is 12.6. The van der Waals surface area contributed by atoms with Gasteiger partial charge in [0.25, 0.3) is 0 Å². The van der Waals surface area contributed by atoms with E-state index < -0.39 is 0 Å². The highest BCUT2D eigenvalue weighted by molar-refractivity contribution is 9.10. The van der Waals surface area contributed by atoms with Gasteiger partial charge in [-0.1, -0.05) is 41.6 Å². The molecular formula is C17H18BrN3OS. The molecule has 0 aliphatic carbocycles. The van der Waals surface area contributed by atoms with Crippen LogP contribution in [0.15, 0.2) is 50.6 Å². The second-order valence-corrected chi connectivity index (χ2v) is 7.38. The molecule has 120 valence electrons. The van der Waals surface area contributed by atoms with Crippen LogP contribution in [-0.4, -0.2) is 14.8 Å². The van der Waals surface area contributed by atoms with Gasteiger partial charge in [-0.15, -0.1) is 10.2 Å². The van der Waals surface area contributed by atoms with E-state index in [2.05, 4.69) is 75.7 Å². The van der Waals surface area contributed by atoms with Gasteiger partial charge in [-0.05, 0) is 54.4 Å². The maximum atomic E-state index is 5.64. The first-order valence-corrected chi connectivity index (χ1v) is 9.21. The van der Waals surface area contributed by atoms with Crippen LogP contribution in [0.5, 0.6) is 0 Å². The fraction of sp³-hybridized carbons (Fsp3) is 0.294. The molecule has 0 aliphatic heterocycles. The predicted molar refractivity (Wildman–Crippen MR) is 96.5 cm³/mol. The lowest BCUT2D eigenvalue weighted by Gasteiger charge is -2.12. The number of hydrogen-bond acceptors (Lipinski definition) is 4. The third kappa shape index (κ3) is 3.70. The van der Waals surface area contributed by atoms with E-state index in [-0.39, 0.29) is 6.04 Å². The molecule has 23 heavy (non-hydrogen) atoms. The smallest absolute Gasteiger partial charge is 0.200 e. The van der Waals surface area contributed by atoms with Crippen molar-refractivity contribution in [3.63, 3.8) is 0 Å². The van der Waals surface area contributed by atoms with Crippen molar-refractivity contribution in [3.8, 4) is 11.6 Å². The Morgan fingerprint density at radius 2 is 2.04 bits per heavy atom. The van der Waals surface area contributed by atoms with Crippen LogP contribution in [0.3, 0.4) is 0 Å². The van der Waals surface area contributed by atoms with Crippen LogP contribution in [0.1, 0.15) is 31.0 Å². The van der Waals surface area contributed by atoms with Crippen molar-refractivity contribution in [2.75, 3.05) is 0 Å². The second kappa shape index (κ2) is 6.93. The number of rotatable bonds is 5. The van der Waals surface area contributed by atoms with Gasteiger partial charge in [-0.25, -0.2) is 0 Å². The maximum Gasteiger partial charge on any atom is 0.200 e. The topological polar surface area (TPSA) is 43.9 Å². The molecule has 6 heteroatoms. The Bertz CT molecular complexity index is 810. The van der Waals surface area contributed by atoms with E-state index in [4.69, 9.17) is 4.42 Å². The summed E-state index contributed by atoms with van der Waals surface area (Å²) < 4.78 is 8.45. The molecule has 0 saturated heterocycles. The first-order valence-electron chi connectivity index (χ1n) is 7.43. The summed E-state index contributed by atoms with van der Waals surface area (Å²) in [5.74, 6) is 2.35. The van der Waals surface area contributed by atoms with E-state index in [0.29, 0.717) is 4.67 Å². The summed E-state index contributed by atoms with van der Waals surface area (Å²) in [6.45, 7) is 6.36. The predicted octanol–water partition coefficient (Wildman–Crippen LogP) is 5.48. The Morgan fingerprint density at radius 1 is 1.22 bits per heavy atom. The van der Waals surface area contributed by atoms with Gasteiger partial charge in [0.2, 0.25) is 5.82 Å².